The summed E-state index contributed by atoms with van der Waals surface area (Å²) in [6.07, 6.45) is 1.07. The third-order valence-corrected chi connectivity index (χ3v) is 5.54. The lowest BCUT2D eigenvalue weighted by molar-refractivity contribution is -0.169. The van der Waals surface area contributed by atoms with Gasteiger partial charge in [0.2, 0.25) is 0 Å². The maximum Gasteiger partial charge on any atom is 0.410 e. The van der Waals surface area contributed by atoms with E-state index in [1.165, 1.54) is 7.11 Å². The van der Waals surface area contributed by atoms with Gasteiger partial charge >= 0.3 is 12.1 Å². The Morgan fingerprint density at radius 3 is 2.26 bits per heavy atom. The molecule has 2 aliphatic rings. The number of esters is 1. The van der Waals surface area contributed by atoms with Gasteiger partial charge in [-0.1, -0.05) is 36.4 Å². The molecule has 1 heterocycles. The maximum absolute atomic E-state index is 12.8. The lowest BCUT2D eigenvalue weighted by Crippen LogP contribution is -2.70. The lowest BCUT2D eigenvalue weighted by Gasteiger charge is -2.63. The standard InChI is InChI=1S/C22H29NO4/c1-15(2)16-9-7-8-10-17(16)22(18(24)26-6)11-21(12-22)13-23(14-21)19(25)27-20(3,4)5/h7-10H,1,11-14H2,2-6H3. The molecule has 1 saturated heterocycles. The van der Waals surface area contributed by atoms with Crippen molar-refractivity contribution in [3.8, 4) is 0 Å². The van der Waals surface area contributed by atoms with Crippen molar-refractivity contribution in [1.29, 1.82) is 0 Å². The Morgan fingerprint density at radius 2 is 1.74 bits per heavy atom. The quantitative estimate of drug-likeness (QED) is 0.749. The predicted octanol–water partition coefficient (Wildman–Crippen LogP) is 4.16. The molecule has 2 fully saturated rings. The molecule has 146 valence electrons. The summed E-state index contributed by atoms with van der Waals surface area (Å²) >= 11 is 0. The normalized spacial score (nSPS) is 19.7. The summed E-state index contributed by atoms with van der Waals surface area (Å²) in [6.45, 7) is 12.8. The molecule has 0 aromatic heterocycles. The molecule has 1 amide bonds. The van der Waals surface area contributed by atoms with Gasteiger partial charge in [-0.3, -0.25) is 4.79 Å². The fourth-order valence-corrected chi connectivity index (χ4v) is 4.58. The van der Waals surface area contributed by atoms with E-state index < -0.39 is 11.0 Å². The number of carbonyl (C=O) groups is 2. The fraction of sp³-hybridized carbons (Fsp3) is 0.545. The number of benzene rings is 1. The minimum Gasteiger partial charge on any atom is -0.468 e. The minimum absolute atomic E-state index is 0.0344. The van der Waals surface area contributed by atoms with Gasteiger partial charge in [-0.25, -0.2) is 4.79 Å². The Kier molecular flexibility index (Phi) is 4.61. The largest absolute Gasteiger partial charge is 0.468 e. The van der Waals surface area contributed by atoms with E-state index >= 15 is 0 Å². The first-order valence-electron chi connectivity index (χ1n) is 9.34. The maximum atomic E-state index is 12.8. The van der Waals surface area contributed by atoms with Crippen LogP contribution in [-0.4, -0.2) is 42.8 Å². The molecule has 1 aromatic carbocycles. The fourth-order valence-electron chi connectivity index (χ4n) is 4.58. The van der Waals surface area contributed by atoms with E-state index in [-0.39, 0.29) is 17.5 Å². The first-order chi connectivity index (χ1) is 12.5. The van der Waals surface area contributed by atoms with Crippen molar-refractivity contribution in [1.82, 2.24) is 4.90 Å². The topological polar surface area (TPSA) is 55.8 Å². The lowest BCUT2D eigenvalue weighted by atomic mass is 9.47. The van der Waals surface area contributed by atoms with Gasteiger partial charge in [0.1, 0.15) is 5.60 Å². The first kappa shape index (κ1) is 19.5. The summed E-state index contributed by atoms with van der Waals surface area (Å²) < 4.78 is 10.6. The van der Waals surface area contributed by atoms with Gasteiger partial charge in [-0.2, -0.15) is 0 Å². The van der Waals surface area contributed by atoms with Crippen molar-refractivity contribution >= 4 is 17.6 Å². The number of hydrogen-bond donors (Lipinski definition) is 0. The van der Waals surface area contributed by atoms with Gasteiger partial charge in [-0.05, 0) is 51.7 Å². The molecular formula is C22H29NO4. The number of ether oxygens (including phenoxy) is 2. The Morgan fingerprint density at radius 1 is 1.15 bits per heavy atom. The molecule has 0 atom stereocenters. The zero-order valence-electron chi connectivity index (χ0n) is 16.9. The van der Waals surface area contributed by atoms with Crippen LogP contribution in [0, 0.1) is 5.41 Å². The summed E-state index contributed by atoms with van der Waals surface area (Å²) in [5.74, 6) is -0.211. The molecule has 5 heteroatoms. The van der Waals surface area contributed by atoms with Crippen LogP contribution in [0.5, 0.6) is 0 Å². The molecular weight excluding hydrogens is 342 g/mol. The highest BCUT2D eigenvalue weighted by atomic mass is 16.6. The van der Waals surface area contributed by atoms with Crippen molar-refractivity contribution in [3.63, 3.8) is 0 Å². The van der Waals surface area contributed by atoms with Crippen LogP contribution in [0.15, 0.2) is 30.8 Å². The SMILES string of the molecule is C=C(C)c1ccccc1C1(C(=O)OC)CC2(CN(C(=O)OC(C)(C)C)C2)C1. The second kappa shape index (κ2) is 6.39. The van der Waals surface area contributed by atoms with E-state index in [2.05, 4.69) is 6.58 Å². The van der Waals surface area contributed by atoms with Crippen LogP contribution in [0.3, 0.4) is 0 Å². The Hall–Kier alpha value is -2.30. The number of likely N-dealkylation sites (tertiary alicyclic amines) is 1. The van der Waals surface area contributed by atoms with Gasteiger partial charge in [0, 0.05) is 18.5 Å². The molecule has 5 nitrogen and oxygen atoms in total. The molecule has 27 heavy (non-hydrogen) atoms. The van der Waals surface area contributed by atoms with Crippen LogP contribution >= 0.6 is 0 Å². The van der Waals surface area contributed by atoms with Crippen LogP contribution < -0.4 is 0 Å². The zero-order valence-corrected chi connectivity index (χ0v) is 16.9. The average molecular weight is 371 g/mol. The Bertz CT molecular complexity index is 776. The number of hydrogen-bond acceptors (Lipinski definition) is 4. The monoisotopic (exact) mass is 371 g/mol. The van der Waals surface area contributed by atoms with E-state index in [1.54, 1.807) is 4.90 Å². The highest BCUT2D eigenvalue weighted by Crippen LogP contribution is 2.61. The molecule has 1 aliphatic carbocycles. The van der Waals surface area contributed by atoms with Crippen LogP contribution in [-0.2, 0) is 19.7 Å². The molecule has 1 spiro atoms. The number of methoxy groups -OCH3 is 1. The third-order valence-electron chi connectivity index (χ3n) is 5.54. The number of carbonyl (C=O) groups excluding carboxylic acids is 2. The predicted molar refractivity (Wildman–Crippen MR) is 104 cm³/mol. The molecule has 1 aromatic rings. The second-order valence-electron chi connectivity index (χ2n) is 9.09. The second-order valence-corrected chi connectivity index (χ2v) is 9.09. The van der Waals surface area contributed by atoms with Crippen LogP contribution in [0.4, 0.5) is 4.79 Å². The highest BCUT2D eigenvalue weighted by Gasteiger charge is 2.65. The van der Waals surface area contributed by atoms with Gasteiger partial charge in [0.15, 0.2) is 0 Å². The summed E-state index contributed by atoms with van der Waals surface area (Å²) in [5.41, 5.74) is 1.71. The Labute approximate surface area is 161 Å². The van der Waals surface area contributed by atoms with E-state index in [9.17, 15) is 9.59 Å². The molecule has 1 aliphatic heterocycles. The number of nitrogens with zero attached hydrogens (tertiary/aromatic N) is 1. The van der Waals surface area contributed by atoms with Crippen molar-refractivity contribution < 1.29 is 19.1 Å². The molecule has 3 rings (SSSR count). The summed E-state index contributed by atoms with van der Waals surface area (Å²) in [4.78, 5) is 26.7. The first-order valence-corrected chi connectivity index (χ1v) is 9.34. The van der Waals surface area contributed by atoms with Crippen molar-refractivity contribution in [2.24, 2.45) is 5.41 Å². The Balaban J connectivity index is 1.78. The van der Waals surface area contributed by atoms with Crippen LogP contribution in [0.1, 0.15) is 51.7 Å². The average Bonchev–Trinajstić information content (AvgIpc) is 2.50. The number of allylic oxidation sites excluding steroid dienone is 1. The van der Waals surface area contributed by atoms with Gasteiger partial charge in [0.05, 0.1) is 12.5 Å². The van der Waals surface area contributed by atoms with E-state index in [0.717, 1.165) is 16.7 Å². The molecule has 1 saturated carbocycles. The zero-order chi connectivity index (χ0) is 20.0. The van der Waals surface area contributed by atoms with Crippen molar-refractivity contribution in [2.45, 2.75) is 51.6 Å². The van der Waals surface area contributed by atoms with Crippen molar-refractivity contribution in [3.05, 3.63) is 42.0 Å². The van der Waals surface area contributed by atoms with Gasteiger partial charge in [0.25, 0.3) is 0 Å². The summed E-state index contributed by atoms with van der Waals surface area (Å²) in [6, 6.07) is 7.91. The van der Waals surface area contributed by atoms with Crippen molar-refractivity contribution in [2.75, 3.05) is 20.2 Å². The van der Waals surface area contributed by atoms with E-state index in [0.29, 0.717) is 25.9 Å². The number of amides is 1. The highest BCUT2D eigenvalue weighted by molar-refractivity contribution is 5.87. The van der Waals surface area contributed by atoms with E-state index in [1.807, 2.05) is 52.0 Å². The van der Waals surface area contributed by atoms with Gasteiger partial charge in [-0.15, -0.1) is 0 Å². The van der Waals surface area contributed by atoms with Gasteiger partial charge < -0.3 is 14.4 Å². The summed E-state index contributed by atoms with van der Waals surface area (Å²) in [5, 5.41) is 0. The van der Waals surface area contributed by atoms with Crippen LogP contribution in [0.25, 0.3) is 5.57 Å². The summed E-state index contributed by atoms with van der Waals surface area (Å²) in [7, 11) is 1.44. The molecule has 0 radical (unpaired) electrons. The molecule has 0 bridgehead atoms. The molecule has 0 unspecified atom stereocenters. The van der Waals surface area contributed by atoms with E-state index in [4.69, 9.17) is 9.47 Å². The smallest absolute Gasteiger partial charge is 0.410 e. The van der Waals surface area contributed by atoms with Crippen LogP contribution in [0.2, 0.25) is 0 Å². The number of rotatable bonds is 3. The third kappa shape index (κ3) is 3.35. The minimum atomic E-state index is -0.662. The molecule has 0 N–H and O–H groups in total.